The number of nitrogen functional groups attached to an aromatic ring is 1. The maximum atomic E-state index is 12.5. The van der Waals surface area contributed by atoms with Crippen LogP contribution in [0.4, 0.5) is 5.69 Å². The van der Waals surface area contributed by atoms with Crippen LogP contribution in [0.25, 0.3) is 5.69 Å². The summed E-state index contributed by atoms with van der Waals surface area (Å²) in [6.07, 6.45) is 1.44. The van der Waals surface area contributed by atoms with Crippen LogP contribution in [0, 0.1) is 11.3 Å². The standard InChI is InChI=1S/C20H15N3O4/c1-27-20(26)18-17(22)14(10-21)11-23(18)15-6-2-12(3-7-15)19(25)13-4-8-16(24)9-5-13/h2-9,11,24H,22H2,1H3. The molecule has 3 N–H and O–H groups in total. The van der Waals surface area contributed by atoms with Crippen molar-refractivity contribution in [2.24, 2.45) is 0 Å². The average Bonchev–Trinajstić information content (AvgIpc) is 3.04. The summed E-state index contributed by atoms with van der Waals surface area (Å²) in [5.74, 6) is -0.798. The van der Waals surface area contributed by atoms with Crippen molar-refractivity contribution in [1.29, 1.82) is 5.26 Å². The minimum Gasteiger partial charge on any atom is -0.508 e. The zero-order chi connectivity index (χ0) is 19.6. The van der Waals surface area contributed by atoms with E-state index in [0.29, 0.717) is 16.8 Å². The van der Waals surface area contributed by atoms with E-state index >= 15 is 0 Å². The summed E-state index contributed by atoms with van der Waals surface area (Å²) in [5, 5.41) is 18.5. The number of hydrogen-bond donors (Lipinski definition) is 2. The minimum absolute atomic E-state index is 0.0357. The molecule has 0 aliphatic carbocycles. The number of phenols is 1. The monoisotopic (exact) mass is 361 g/mol. The number of anilines is 1. The zero-order valence-electron chi connectivity index (χ0n) is 14.3. The van der Waals surface area contributed by atoms with Crippen molar-refractivity contribution >= 4 is 17.4 Å². The molecule has 0 aliphatic heterocycles. The van der Waals surface area contributed by atoms with Gasteiger partial charge in [0, 0.05) is 23.0 Å². The summed E-state index contributed by atoms with van der Waals surface area (Å²) in [6.45, 7) is 0. The van der Waals surface area contributed by atoms with Crippen LogP contribution >= 0.6 is 0 Å². The maximum Gasteiger partial charge on any atom is 0.357 e. The first-order chi connectivity index (χ1) is 13.0. The Morgan fingerprint density at radius 3 is 2.15 bits per heavy atom. The predicted molar refractivity (Wildman–Crippen MR) is 97.8 cm³/mol. The molecule has 3 rings (SSSR count). The molecule has 0 spiro atoms. The number of benzene rings is 2. The van der Waals surface area contributed by atoms with E-state index in [4.69, 9.17) is 15.7 Å². The van der Waals surface area contributed by atoms with E-state index in [-0.39, 0.29) is 28.5 Å². The van der Waals surface area contributed by atoms with Gasteiger partial charge >= 0.3 is 5.97 Å². The van der Waals surface area contributed by atoms with Crippen molar-refractivity contribution in [3.8, 4) is 17.5 Å². The number of ether oxygens (including phenoxy) is 1. The Balaban J connectivity index is 1.99. The van der Waals surface area contributed by atoms with Gasteiger partial charge in [-0.2, -0.15) is 5.26 Å². The highest BCUT2D eigenvalue weighted by molar-refractivity contribution is 6.09. The fourth-order valence-corrected chi connectivity index (χ4v) is 2.67. The van der Waals surface area contributed by atoms with Crippen molar-refractivity contribution in [2.75, 3.05) is 12.8 Å². The van der Waals surface area contributed by atoms with Gasteiger partial charge in [0.2, 0.25) is 0 Å². The molecule has 1 aromatic heterocycles. The molecule has 0 bridgehead atoms. The highest BCUT2D eigenvalue weighted by atomic mass is 16.5. The Morgan fingerprint density at radius 2 is 1.63 bits per heavy atom. The third-order valence-electron chi connectivity index (χ3n) is 4.08. The number of aromatic hydroxyl groups is 1. The third-order valence-corrected chi connectivity index (χ3v) is 4.08. The molecule has 1 heterocycles. The van der Waals surface area contributed by atoms with Gasteiger partial charge in [0.1, 0.15) is 11.8 Å². The molecule has 7 nitrogen and oxygen atoms in total. The largest absolute Gasteiger partial charge is 0.508 e. The number of methoxy groups -OCH3 is 1. The average molecular weight is 361 g/mol. The number of aromatic nitrogens is 1. The molecule has 0 saturated heterocycles. The second-order valence-corrected chi connectivity index (χ2v) is 5.70. The van der Waals surface area contributed by atoms with Crippen LogP contribution < -0.4 is 5.73 Å². The maximum absolute atomic E-state index is 12.5. The summed E-state index contributed by atoms with van der Waals surface area (Å²) in [6, 6.07) is 14.4. The normalized spacial score (nSPS) is 10.2. The summed E-state index contributed by atoms with van der Waals surface area (Å²) in [4.78, 5) is 24.5. The van der Waals surface area contributed by atoms with E-state index in [1.807, 2.05) is 6.07 Å². The van der Waals surface area contributed by atoms with Crippen LogP contribution in [0.1, 0.15) is 32.0 Å². The number of rotatable bonds is 4. The van der Waals surface area contributed by atoms with Gasteiger partial charge in [0.05, 0.1) is 18.4 Å². The quantitative estimate of drug-likeness (QED) is 0.545. The summed E-state index contributed by atoms with van der Waals surface area (Å²) in [7, 11) is 1.23. The number of carbonyl (C=O) groups is 2. The highest BCUT2D eigenvalue weighted by Crippen LogP contribution is 2.25. The third kappa shape index (κ3) is 3.24. The SMILES string of the molecule is COC(=O)c1c(N)c(C#N)cn1-c1ccc(C(=O)c2ccc(O)cc2)cc1. The van der Waals surface area contributed by atoms with Crippen molar-refractivity contribution < 1.29 is 19.4 Å². The number of carbonyl (C=O) groups excluding carboxylic acids is 2. The fourth-order valence-electron chi connectivity index (χ4n) is 2.67. The van der Waals surface area contributed by atoms with Crippen LogP contribution in [0.5, 0.6) is 5.75 Å². The van der Waals surface area contributed by atoms with Crippen molar-refractivity contribution in [3.05, 3.63) is 77.1 Å². The Hall–Kier alpha value is -4.05. The van der Waals surface area contributed by atoms with E-state index in [1.54, 1.807) is 24.3 Å². The number of nitrogens with two attached hydrogens (primary N) is 1. The van der Waals surface area contributed by atoms with Crippen LogP contribution in [0.2, 0.25) is 0 Å². The molecule has 0 unspecified atom stereocenters. The molecule has 0 atom stereocenters. The van der Waals surface area contributed by atoms with E-state index in [1.165, 1.54) is 42.1 Å². The van der Waals surface area contributed by atoms with Crippen LogP contribution in [0.3, 0.4) is 0 Å². The Kier molecular flexibility index (Phi) is 4.64. The van der Waals surface area contributed by atoms with E-state index in [9.17, 15) is 14.7 Å². The van der Waals surface area contributed by atoms with Gasteiger partial charge in [-0.1, -0.05) is 0 Å². The van der Waals surface area contributed by atoms with Gasteiger partial charge in [-0.25, -0.2) is 4.79 Å². The smallest absolute Gasteiger partial charge is 0.357 e. The van der Waals surface area contributed by atoms with Gasteiger partial charge in [-0.3, -0.25) is 4.79 Å². The zero-order valence-corrected chi connectivity index (χ0v) is 14.3. The number of nitrogens with zero attached hydrogens (tertiary/aromatic N) is 2. The van der Waals surface area contributed by atoms with Crippen molar-refractivity contribution in [3.63, 3.8) is 0 Å². The fraction of sp³-hybridized carbons (Fsp3) is 0.0500. The predicted octanol–water partition coefficient (Wildman–Crippen LogP) is 2.65. The van der Waals surface area contributed by atoms with Crippen LogP contribution in [-0.4, -0.2) is 28.5 Å². The lowest BCUT2D eigenvalue weighted by Crippen LogP contribution is -2.11. The molecule has 7 heteroatoms. The van der Waals surface area contributed by atoms with Crippen molar-refractivity contribution in [1.82, 2.24) is 4.57 Å². The minimum atomic E-state index is -0.668. The summed E-state index contributed by atoms with van der Waals surface area (Å²) in [5.41, 5.74) is 7.53. The molecular formula is C20H15N3O4. The molecule has 0 fully saturated rings. The summed E-state index contributed by atoms with van der Waals surface area (Å²) >= 11 is 0. The lowest BCUT2D eigenvalue weighted by Gasteiger charge is -2.09. The van der Waals surface area contributed by atoms with Gasteiger partial charge in [-0.15, -0.1) is 0 Å². The molecule has 0 radical (unpaired) electrons. The second-order valence-electron chi connectivity index (χ2n) is 5.70. The van der Waals surface area contributed by atoms with Gasteiger partial charge in [0.15, 0.2) is 11.5 Å². The first kappa shape index (κ1) is 17.8. The number of phenolic OH excluding ortho intramolecular Hbond substituents is 1. The molecule has 134 valence electrons. The molecule has 0 aliphatic rings. The molecule has 27 heavy (non-hydrogen) atoms. The molecule has 2 aromatic carbocycles. The van der Waals surface area contributed by atoms with Crippen LogP contribution in [-0.2, 0) is 4.74 Å². The van der Waals surface area contributed by atoms with Gasteiger partial charge in [-0.05, 0) is 48.5 Å². The van der Waals surface area contributed by atoms with E-state index in [2.05, 4.69) is 0 Å². The Bertz CT molecular complexity index is 1060. The summed E-state index contributed by atoms with van der Waals surface area (Å²) < 4.78 is 6.20. The lowest BCUT2D eigenvalue weighted by atomic mass is 10.0. The number of ketones is 1. The number of nitriles is 1. The molecular weight excluding hydrogens is 346 g/mol. The first-order valence-electron chi connectivity index (χ1n) is 7.89. The van der Waals surface area contributed by atoms with Gasteiger partial charge in [0.25, 0.3) is 0 Å². The molecule has 0 amide bonds. The van der Waals surface area contributed by atoms with Gasteiger partial charge < -0.3 is 20.1 Å². The Morgan fingerprint density at radius 1 is 1.07 bits per heavy atom. The Labute approximate surface area is 154 Å². The lowest BCUT2D eigenvalue weighted by molar-refractivity contribution is 0.0593. The molecule has 3 aromatic rings. The first-order valence-corrected chi connectivity index (χ1v) is 7.89. The highest BCUT2D eigenvalue weighted by Gasteiger charge is 2.21. The van der Waals surface area contributed by atoms with Crippen molar-refractivity contribution in [2.45, 2.75) is 0 Å². The second kappa shape index (κ2) is 7.06. The van der Waals surface area contributed by atoms with E-state index in [0.717, 1.165) is 0 Å². The number of hydrogen-bond acceptors (Lipinski definition) is 6. The topological polar surface area (TPSA) is 118 Å². The molecule has 0 saturated carbocycles. The van der Waals surface area contributed by atoms with Crippen LogP contribution in [0.15, 0.2) is 54.7 Å². The number of esters is 1. The van der Waals surface area contributed by atoms with E-state index < -0.39 is 5.97 Å².